The fourth-order valence-corrected chi connectivity index (χ4v) is 1.07. The maximum absolute atomic E-state index is 4.08. The highest BCUT2D eigenvalue weighted by Gasteiger charge is 2.00. The van der Waals surface area contributed by atoms with E-state index in [-0.39, 0.29) is 0 Å². The van der Waals surface area contributed by atoms with E-state index in [9.17, 15) is 0 Å². The van der Waals surface area contributed by atoms with Gasteiger partial charge in [-0.2, -0.15) is 4.68 Å². The lowest BCUT2D eigenvalue weighted by Gasteiger charge is -1.96. The monoisotopic (exact) mass is 239 g/mol. The van der Waals surface area contributed by atoms with Crippen LogP contribution in [-0.2, 0) is 0 Å². The third-order valence-corrected chi connectivity index (χ3v) is 1.83. The Kier molecular flexibility index (Phi) is 2.05. The summed E-state index contributed by atoms with van der Waals surface area (Å²) in [6, 6.07) is 0. The fourth-order valence-electron chi connectivity index (χ4n) is 0.866. The van der Waals surface area contributed by atoms with Crippen molar-refractivity contribution in [3.63, 3.8) is 0 Å². The summed E-state index contributed by atoms with van der Waals surface area (Å²) < 4.78 is 2.37. The molecule has 0 aromatic carbocycles. The summed E-state index contributed by atoms with van der Waals surface area (Å²) in [6.45, 7) is 1.81. The second kappa shape index (κ2) is 3.21. The molecule has 0 unspecified atom stereocenters. The maximum atomic E-state index is 4.08. The standard InChI is InChI=1S/C7H6BrN5/c1-5-11-4-13(12-5)7-9-2-6(8)3-10-7/h2-4H,1H3. The molecule has 2 rings (SSSR count). The predicted octanol–water partition coefficient (Wildman–Crippen LogP) is 1.13. The first-order valence-electron chi connectivity index (χ1n) is 3.62. The zero-order valence-corrected chi connectivity index (χ0v) is 8.43. The predicted molar refractivity (Wildman–Crippen MR) is 49.4 cm³/mol. The van der Waals surface area contributed by atoms with Gasteiger partial charge < -0.3 is 0 Å². The van der Waals surface area contributed by atoms with E-state index < -0.39 is 0 Å². The zero-order chi connectivity index (χ0) is 9.26. The maximum Gasteiger partial charge on any atom is 0.252 e. The van der Waals surface area contributed by atoms with Crippen LogP contribution in [0.5, 0.6) is 0 Å². The molecule has 2 aromatic heterocycles. The van der Waals surface area contributed by atoms with Gasteiger partial charge in [-0.15, -0.1) is 5.10 Å². The molecule has 0 saturated heterocycles. The Labute approximate surface area is 83.0 Å². The highest BCUT2D eigenvalue weighted by Crippen LogP contribution is 2.06. The van der Waals surface area contributed by atoms with Crippen molar-refractivity contribution >= 4 is 15.9 Å². The number of hydrogen-bond donors (Lipinski definition) is 0. The summed E-state index contributed by atoms with van der Waals surface area (Å²) in [6.07, 6.45) is 4.91. The first kappa shape index (κ1) is 8.31. The van der Waals surface area contributed by atoms with Crippen molar-refractivity contribution in [2.24, 2.45) is 0 Å². The summed E-state index contributed by atoms with van der Waals surface area (Å²) in [7, 11) is 0. The first-order chi connectivity index (χ1) is 6.25. The van der Waals surface area contributed by atoms with Crippen LogP contribution in [0.1, 0.15) is 5.82 Å². The zero-order valence-electron chi connectivity index (χ0n) is 6.85. The van der Waals surface area contributed by atoms with Crippen LogP contribution >= 0.6 is 15.9 Å². The number of halogens is 1. The molecule has 0 bridgehead atoms. The molecule has 2 heterocycles. The first-order valence-corrected chi connectivity index (χ1v) is 4.41. The molecule has 0 atom stereocenters. The molecule has 0 N–H and O–H groups in total. The van der Waals surface area contributed by atoms with Crippen molar-refractivity contribution in [3.05, 3.63) is 29.0 Å². The highest BCUT2D eigenvalue weighted by molar-refractivity contribution is 9.10. The van der Waals surface area contributed by atoms with Crippen molar-refractivity contribution in [1.29, 1.82) is 0 Å². The summed E-state index contributed by atoms with van der Waals surface area (Å²) in [4.78, 5) is 12.1. The molecule has 0 amide bonds. The van der Waals surface area contributed by atoms with E-state index >= 15 is 0 Å². The van der Waals surface area contributed by atoms with Crippen LogP contribution in [0.15, 0.2) is 23.2 Å². The molecular weight excluding hydrogens is 234 g/mol. The largest absolute Gasteiger partial charge is 0.252 e. The Morgan fingerprint density at radius 2 is 1.92 bits per heavy atom. The van der Waals surface area contributed by atoms with Crippen molar-refractivity contribution in [3.8, 4) is 5.95 Å². The molecule has 0 fully saturated rings. The fraction of sp³-hybridized carbons (Fsp3) is 0.143. The lowest BCUT2D eigenvalue weighted by atomic mass is 10.7. The Balaban J connectivity index is 2.41. The van der Waals surface area contributed by atoms with E-state index in [1.165, 1.54) is 4.68 Å². The third kappa shape index (κ3) is 1.72. The second-order valence-corrected chi connectivity index (χ2v) is 3.35. The van der Waals surface area contributed by atoms with Crippen LogP contribution in [0.25, 0.3) is 5.95 Å². The molecular formula is C7H6BrN5. The van der Waals surface area contributed by atoms with Gasteiger partial charge in [0.1, 0.15) is 12.2 Å². The SMILES string of the molecule is Cc1ncn(-c2ncc(Br)cn2)n1. The molecule has 5 nitrogen and oxygen atoms in total. The summed E-state index contributed by atoms with van der Waals surface area (Å²) in [5, 5.41) is 4.08. The lowest BCUT2D eigenvalue weighted by Crippen LogP contribution is -2.00. The summed E-state index contributed by atoms with van der Waals surface area (Å²) in [5.41, 5.74) is 0. The molecule has 6 heteroatoms. The lowest BCUT2D eigenvalue weighted by molar-refractivity contribution is 0.795. The van der Waals surface area contributed by atoms with Crippen LogP contribution < -0.4 is 0 Å². The van der Waals surface area contributed by atoms with Crippen LogP contribution in [0.3, 0.4) is 0 Å². The Bertz CT molecular complexity index is 407. The summed E-state index contributed by atoms with van der Waals surface area (Å²) in [5.74, 6) is 1.22. The smallest absolute Gasteiger partial charge is 0.220 e. The Morgan fingerprint density at radius 1 is 1.23 bits per heavy atom. The van der Waals surface area contributed by atoms with Gasteiger partial charge in [0.25, 0.3) is 5.95 Å². The second-order valence-electron chi connectivity index (χ2n) is 2.44. The van der Waals surface area contributed by atoms with Gasteiger partial charge in [0.2, 0.25) is 0 Å². The normalized spacial score (nSPS) is 10.3. The van der Waals surface area contributed by atoms with E-state index in [2.05, 4.69) is 36.0 Å². The molecule has 13 heavy (non-hydrogen) atoms. The molecule has 2 aromatic rings. The minimum atomic E-state index is 0.517. The van der Waals surface area contributed by atoms with Crippen molar-refractivity contribution < 1.29 is 0 Å². The van der Waals surface area contributed by atoms with Crippen LogP contribution in [0, 0.1) is 6.92 Å². The van der Waals surface area contributed by atoms with Gasteiger partial charge in [0, 0.05) is 12.4 Å². The van der Waals surface area contributed by atoms with E-state index in [0.717, 1.165) is 4.47 Å². The van der Waals surface area contributed by atoms with Gasteiger partial charge in [-0.05, 0) is 22.9 Å². The van der Waals surface area contributed by atoms with E-state index in [0.29, 0.717) is 11.8 Å². The van der Waals surface area contributed by atoms with Gasteiger partial charge in [-0.1, -0.05) is 0 Å². The van der Waals surface area contributed by atoms with Crippen LogP contribution in [0.4, 0.5) is 0 Å². The molecule has 0 radical (unpaired) electrons. The quantitative estimate of drug-likeness (QED) is 0.749. The summed E-state index contributed by atoms with van der Waals surface area (Å²) >= 11 is 3.25. The number of rotatable bonds is 1. The Morgan fingerprint density at radius 3 is 2.46 bits per heavy atom. The van der Waals surface area contributed by atoms with Crippen LogP contribution in [-0.4, -0.2) is 24.7 Å². The number of aryl methyl sites for hydroxylation is 1. The van der Waals surface area contributed by atoms with E-state index in [1.54, 1.807) is 18.7 Å². The van der Waals surface area contributed by atoms with Gasteiger partial charge in [-0.25, -0.2) is 15.0 Å². The van der Waals surface area contributed by atoms with Gasteiger partial charge in [0.15, 0.2) is 0 Å². The topological polar surface area (TPSA) is 56.5 Å². The molecule has 0 aliphatic carbocycles. The van der Waals surface area contributed by atoms with Gasteiger partial charge in [0.05, 0.1) is 4.47 Å². The van der Waals surface area contributed by atoms with E-state index in [4.69, 9.17) is 0 Å². The van der Waals surface area contributed by atoms with Gasteiger partial charge in [-0.3, -0.25) is 0 Å². The minimum absolute atomic E-state index is 0.517. The average molecular weight is 240 g/mol. The average Bonchev–Trinajstić information content (AvgIpc) is 2.53. The molecule has 66 valence electrons. The molecule has 0 aliphatic rings. The van der Waals surface area contributed by atoms with Crippen molar-refractivity contribution in [2.45, 2.75) is 6.92 Å². The Hall–Kier alpha value is -1.30. The highest BCUT2D eigenvalue weighted by atomic mass is 79.9. The molecule has 0 aliphatic heterocycles. The minimum Gasteiger partial charge on any atom is -0.220 e. The van der Waals surface area contributed by atoms with Crippen molar-refractivity contribution in [2.75, 3.05) is 0 Å². The molecule has 0 spiro atoms. The molecule has 0 saturated carbocycles. The van der Waals surface area contributed by atoms with Gasteiger partial charge >= 0.3 is 0 Å². The third-order valence-electron chi connectivity index (χ3n) is 1.42. The van der Waals surface area contributed by atoms with Crippen molar-refractivity contribution in [1.82, 2.24) is 24.7 Å². The number of nitrogens with zero attached hydrogens (tertiary/aromatic N) is 5. The van der Waals surface area contributed by atoms with E-state index in [1.807, 2.05) is 6.92 Å². The van der Waals surface area contributed by atoms with Crippen LogP contribution in [0.2, 0.25) is 0 Å². The number of hydrogen-bond acceptors (Lipinski definition) is 4. The number of aromatic nitrogens is 5.